The van der Waals surface area contributed by atoms with Crippen molar-refractivity contribution in [3.8, 4) is 5.75 Å². The molecule has 0 aliphatic carbocycles. The van der Waals surface area contributed by atoms with E-state index in [0.717, 1.165) is 0 Å². The molecule has 2 aliphatic heterocycles. The predicted octanol–water partition coefficient (Wildman–Crippen LogP) is 2.87. The van der Waals surface area contributed by atoms with Crippen LogP contribution in [-0.4, -0.2) is 28.2 Å². The second-order valence-corrected chi connectivity index (χ2v) is 9.43. The van der Waals surface area contributed by atoms with Crippen molar-refractivity contribution in [1.82, 2.24) is 9.55 Å². The molecule has 0 saturated heterocycles. The summed E-state index contributed by atoms with van der Waals surface area (Å²) in [5.74, 6) is 0.0432. The average Bonchev–Trinajstić information content (AvgIpc) is 3.24. The number of aromatic amines is 1. The molecule has 1 aromatic heterocycles. The standard InChI is InChI=1S/C22H23N2O9P/c1-12-7-16(14(3)31-15(4)25)8-17-10-29-34(28,33-20(12)17)30-11-18-5-6-19(32-18)24-9-13(2)21(26)23-22(24)27/h5-9,18-19H,3,10-11H2,1-2,4H3,(H,23,26,27)/t18-,19+,34?/m0/s1. The number of esters is 1. The highest BCUT2D eigenvalue weighted by Crippen LogP contribution is 2.55. The van der Waals surface area contributed by atoms with E-state index in [9.17, 15) is 18.9 Å². The van der Waals surface area contributed by atoms with Crippen LogP contribution in [-0.2, 0) is 34.5 Å². The number of fused-ring (bicyclic) bond motifs is 1. The number of benzene rings is 1. The zero-order valence-electron chi connectivity index (χ0n) is 18.7. The van der Waals surface area contributed by atoms with Gasteiger partial charge in [0, 0.05) is 29.8 Å². The first kappa shape index (κ1) is 23.9. The van der Waals surface area contributed by atoms with Crippen LogP contribution in [0.15, 0.2) is 46.6 Å². The number of phosphoric acid groups is 1. The minimum Gasteiger partial charge on any atom is -0.427 e. The lowest BCUT2D eigenvalue weighted by Crippen LogP contribution is -2.33. The molecule has 3 atom stereocenters. The number of aryl methyl sites for hydroxylation is 2. The minimum absolute atomic E-state index is 0.0509. The van der Waals surface area contributed by atoms with Gasteiger partial charge in [-0.2, -0.15) is 0 Å². The molecule has 34 heavy (non-hydrogen) atoms. The monoisotopic (exact) mass is 490 g/mol. The SMILES string of the molecule is C=C(OC(C)=O)c1cc(C)c2c(c1)COP(=O)(OC[C@@H]1C=C[C@H](n3cc(C)c(=O)[nH]c3=O)O1)O2. The van der Waals surface area contributed by atoms with Crippen LogP contribution in [0.5, 0.6) is 5.75 Å². The zero-order chi connectivity index (χ0) is 24.6. The Kier molecular flexibility index (Phi) is 6.46. The number of nitrogens with one attached hydrogen (secondary N) is 1. The van der Waals surface area contributed by atoms with E-state index in [1.165, 1.54) is 17.7 Å². The van der Waals surface area contributed by atoms with Crippen LogP contribution < -0.4 is 15.8 Å². The lowest BCUT2D eigenvalue weighted by Gasteiger charge is -2.27. The highest BCUT2D eigenvalue weighted by Gasteiger charge is 2.37. The fourth-order valence-corrected chi connectivity index (χ4v) is 4.80. The lowest BCUT2D eigenvalue weighted by molar-refractivity contribution is -0.134. The largest absolute Gasteiger partial charge is 0.530 e. The van der Waals surface area contributed by atoms with Crippen LogP contribution >= 0.6 is 7.82 Å². The number of phosphoric ester groups is 1. The van der Waals surface area contributed by atoms with Crippen molar-refractivity contribution in [2.45, 2.75) is 39.7 Å². The van der Waals surface area contributed by atoms with Crippen molar-refractivity contribution >= 4 is 19.6 Å². The summed E-state index contributed by atoms with van der Waals surface area (Å²) in [5, 5.41) is 0. The van der Waals surface area contributed by atoms with Gasteiger partial charge in [0.05, 0.1) is 13.2 Å². The number of hydrogen-bond acceptors (Lipinski definition) is 9. The molecule has 0 amide bonds. The van der Waals surface area contributed by atoms with Gasteiger partial charge < -0.3 is 14.0 Å². The maximum atomic E-state index is 13.0. The number of carbonyl (C=O) groups is 1. The van der Waals surface area contributed by atoms with Gasteiger partial charge in [-0.25, -0.2) is 9.36 Å². The van der Waals surface area contributed by atoms with Crippen LogP contribution in [0.25, 0.3) is 5.76 Å². The fourth-order valence-electron chi connectivity index (χ4n) is 3.51. The maximum absolute atomic E-state index is 13.0. The Morgan fingerprint density at radius 1 is 1.26 bits per heavy atom. The van der Waals surface area contributed by atoms with E-state index >= 15 is 0 Å². The molecule has 2 aliphatic rings. The Bertz CT molecular complexity index is 1360. The fraction of sp³-hybridized carbons (Fsp3) is 0.318. The lowest BCUT2D eigenvalue weighted by atomic mass is 10.0. The number of aromatic nitrogens is 2. The predicted molar refractivity (Wildman–Crippen MR) is 120 cm³/mol. The summed E-state index contributed by atoms with van der Waals surface area (Å²) >= 11 is 0. The molecule has 12 heteroatoms. The van der Waals surface area contributed by atoms with Crippen LogP contribution in [0.1, 0.15) is 35.4 Å². The molecular formula is C22H23N2O9P. The van der Waals surface area contributed by atoms with Crippen molar-refractivity contribution in [2.75, 3.05) is 6.61 Å². The molecule has 180 valence electrons. The second-order valence-electron chi connectivity index (χ2n) is 7.83. The number of hydrogen-bond donors (Lipinski definition) is 1. The number of rotatable bonds is 6. The molecular weight excluding hydrogens is 467 g/mol. The van der Waals surface area contributed by atoms with E-state index in [2.05, 4.69) is 11.6 Å². The van der Waals surface area contributed by atoms with Crippen molar-refractivity contribution < 1.29 is 32.4 Å². The van der Waals surface area contributed by atoms with E-state index < -0.39 is 37.4 Å². The summed E-state index contributed by atoms with van der Waals surface area (Å²) in [6.07, 6.45) is 3.30. The van der Waals surface area contributed by atoms with E-state index in [1.807, 2.05) is 0 Å². The zero-order valence-corrected chi connectivity index (χ0v) is 19.6. The molecule has 0 radical (unpaired) electrons. The summed E-state index contributed by atoms with van der Waals surface area (Å²) in [6, 6.07) is 3.37. The average molecular weight is 490 g/mol. The van der Waals surface area contributed by atoms with Crippen LogP contribution in [0.3, 0.4) is 0 Å². The van der Waals surface area contributed by atoms with Gasteiger partial charge in [-0.3, -0.25) is 28.2 Å². The van der Waals surface area contributed by atoms with E-state index in [0.29, 0.717) is 28.0 Å². The first-order valence-corrected chi connectivity index (χ1v) is 11.8. The molecule has 0 fully saturated rings. The Morgan fingerprint density at radius 3 is 2.76 bits per heavy atom. The highest BCUT2D eigenvalue weighted by atomic mass is 31.2. The maximum Gasteiger partial charge on any atom is 0.530 e. The van der Waals surface area contributed by atoms with Crippen molar-refractivity contribution in [1.29, 1.82) is 0 Å². The van der Waals surface area contributed by atoms with E-state index in [4.69, 9.17) is 23.0 Å². The van der Waals surface area contributed by atoms with E-state index in [1.54, 1.807) is 38.1 Å². The Labute approximate surface area is 194 Å². The number of H-pyrrole nitrogens is 1. The van der Waals surface area contributed by atoms with Gasteiger partial charge >= 0.3 is 19.5 Å². The van der Waals surface area contributed by atoms with Crippen LogP contribution in [0.4, 0.5) is 0 Å². The third-order valence-electron chi connectivity index (χ3n) is 5.14. The molecule has 0 spiro atoms. The van der Waals surface area contributed by atoms with Crippen molar-refractivity contribution in [2.24, 2.45) is 0 Å². The van der Waals surface area contributed by atoms with Gasteiger partial charge in [0.15, 0.2) is 6.23 Å². The second kappa shape index (κ2) is 9.19. The Morgan fingerprint density at radius 2 is 2.03 bits per heavy atom. The van der Waals surface area contributed by atoms with E-state index in [-0.39, 0.29) is 19.0 Å². The quantitative estimate of drug-likeness (QED) is 0.281. The van der Waals surface area contributed by atoms with Gasteiger partial charge in [-0.15, -0.1) is 0 Å². The molecule has 1 unspecified atom stereocenters. The van der Waals surface area contributed by atoms with Crippen LogP contribution in [0.2, 0.25) is 0 Å². The van der Waals surface area contributed by atoms with Gasteiger partial charge in [0.25, 0.3) is 5.56 Å². The summed E-state index contributed by atoms with van der Waals surface area (Å²) in [6.45, 7) is 8.13. The van der Waals surface area contributed by atoms with Gasteiger partial charge in [0.2, 0.25) is 0 Å². The third-order valence-corrected chi connectivity index (χ3v) is 6.46. The smallest absolute Gasteiger partial charge is 0.427 e. The third kappa shape index (κ3) is 4.97. The summed E-state index contributed by atoms with van der Waals surface area (Å²) in [7, 11) is -3.94. The van der Waals surface area contributed by atoms with Gasteiger partial charge in [-0.1, -0.05) is 12.7 Å². The molecule has 3 heterocycles. The summed E-state index contributed by atoms with van der Waals surface area (Å²) in [5.41, 5.74) is 1.09. The first-order chi connectivity index (χ1) is 16.0. The Balaban J connectivity index is 1.41. The molecule has 11 nitrogen and oxygen atoms in total. The molecule has 1 aromatic carbocycles. The molecule has 0 bridgehead atoms. The van der Waals surface area contributed by atoms with Crippen molar-refractivity contribution in [3.05, 3.63) is 80.2 Å². The number of nitrogens with zero attached hydrogens (tertiary/aromatic N) is 1. The Hall–Kier alpha value is -3.24. The van der Waals surface area contributed by atoms with Gasteiger partial charge in [-0.05, 0) is 37.6 Å². The summed E-state index contributed by atoms with van der Waals surface area (Å²) < 4.78 is 41.5. The van der Waals surface area contributed by atoms with Crippen LogP contribution in [0, 0.1) is 13.8 Å². The molecule has 4 rings (SSSR count). The highest BCUT2D eigenvalue weighted by molar-refractivity contribution is 7.49. The van der Waals surface area contributed by atoms with Gasteiger partial charge in [0.1, 0.15) is 17.6 Å². The van der Waals surface area contributed by atoms with Crippen molar-refractivity contribution in [3.63, 3.8) is 0 Å². The summed E-state index contributed by atoms with van der Waals surface area (Å²) in [4.78, 5) is 37.0. The number of ether oxygens (including phenoxy) is 2. The minimum atomic E-state index is -3.94. The molecule has 1 N–H and O–H groups in total. The first-order valence-electron chi connectivity index (χ1n) is 10.3. The number of carbonyl (C=O) groups excluding carboxylic acids is 1. The topological polar surface area (TPSA) is 135 Å². The molecule has 2 aromatic rings. The molecule has 0 saturated carbocycles. The normalized spacial score (nSPS) is 23.3.